The van der Waals surface area contributed by atoms with E-state index in [9.17, 15) is 9.18 Å². The van der Waals surface area contributed by atoms with Gasteiger partial charge in [0.05, 0.1) is 23.1 Å². The number of hydrogen-bond acceptors (Lipinski definition) is 5. The Labute approximate surface area is 166 Å². The summed E-state index contributed by atoms with van der Waals surface area (Å²) < 4.78 is 26.1. The SMILES string of the molecule is NCC12CC(C(=O)Nc3ccc(Oc4ccnc5ccccc45)c(F)c3)(CO1)C2. The Morgan fingerprint density at radius 1 is 1.21 bits per heavy atom. The number of halogens is 1. The van der Waals surface area contributed by atoms with Crippen LogP contribution >= 0.6 is 0 Å². The van der Waals surface area contributed by atoms with Gasteiger partial charge < -0.3 is 20.5 Å². The van der Waals surface area contributed by atoms with Crippen LogP contribution in [0.15, 0.2) is 54.7 Å². The van der Waals surface area contributed by atoms with Crippen molar-refractivity contribution in [3.63, 3.8) is 0 Å². The van der Waals surface area contributed by atoms with Gasteiger partial charge in [-0.25, -0.2) is 4.39 Å². The summed E-state index contributed by atoms with van der Waals surface area (Å²) in [5.41, 5.74) is 5.97. The normalized spacial score (nSPS) is 24.9. The highest BCUT2D eigenvalue weighted by molar-refractivity contribution is 5.97. The van der Waals surface area contributed by atoms with E-state index in [-0.39, 0.29) is 17.3 Å². The summed E-state index contributed by atoms with van der Waals surface area (Å²) in [7, 11) is 0. The van der Waals surface area contributed by atoms with Crippen molar-refractivity contribution in [1.82, 2.24) is 4.98 Å². The number of carbonyl (C=O) groups is 1. The van der Waals surface area contributed by atoms with E-state index in [4.69, 9.17) is 15.2 Å². The first-order valence-corrected chi connectivity index (χ1v) is 9.49. The highest BCUT2D eigenvalue weighted by Gasteiger charge is 2.65. The van der Waals surface area contributed by atoms with Crippen molar-refractivity contribution in [1.29, 1.82) is 0 Å². The van der Waals surface area contributed by atoms with Crippen LogP contribution in [0.1, 0.15) is 12.8 Å². The topological polar surface area (TPSA) is 86.5 Å². The summed E-state index contributed by atoms with van der Waals surface area (Å²) in [5.74, 6) is -0.130. The van der Waals surface area contributed by atoms with Crippen molar-refractivity contribution in [2.45, 2.75) is 18.4 Å². The average Bonchev–Trinajstić information content (AvgIpc) is 3.28. The minimum atomic E-state index is -0.561. The predicted molar refractivity (Wildman–Crippen MR) is 106 cm³/mol. The highest BCUT2D eigenvalue weighted by Crippen LogP contribution is 2.57. The molecule has 7 heteroatoms. The van der Waals surface area contributed by atoms with Gasteiger partial charge in [0, 0.05) is 29.9 Å². The van der Waals surface area contributed by atoms with Crippen molar-refractivity contribution in [3.8, 4) is 11.5 Å². The number of hydrogen-bond donors (Lipinski definition) is 2. The molecule has 2 saturated heterocycles. The minimum Gasteiger partial charge on any atom is -0.454 e. The Balaban J connectivity index is 1.33. The van der Waals surface area contributed by atoms with E-state index in [2.05, 4.69) is 10.3 Å². The molecule has 29 heavy (non-hydrogen) atoms. The van der Waals surface area contributed by atoms with Gasteiger partial charge in [-0.1, -0.05) is 12.1 Å². The Hall–Kier alpha value is -3.03. The van der Waals surface area contributed by atoms with Gasteiger partial charge in [-0.15, -0.1) is 0 Å². The molecule has 3 heterocycles. The fraction of sp³-hybridized carbons (Fsp3) is 0.273. The van der Waals surface area contributed by atoms with Crippen molar-refractivity contribution < 1.29 is 18.7 Å². The Bertz CT molecular complexity index is 1110. The van der Waals surface area contributed by atoms with E-state index in [0.29, 0.717) is 37.4 Å². The third kappa shape index (κ3) is 2.94. The molecule has 3 aliphatic rings. The molecule has 1 saturated carbocycles. The number of rotatable bonds is 5. The number of ether oxygens (including phenoxy) is 2. The zero-order chi connectivity index (χ0) is 20.1. The van der Waals surface area contributed by atoms with Crippen LogP contribution in [-0.2, 0) is 9.53 Å². The van der Waals surface area contributed by atoms with Crippen LogP contribution in [0.4, 0.5) is 10.1 Å². The molecule has 2 aliphatic heterocycles. The molecule has 0 spiro atoms. The van der Waals surface area contributed by atoms with E-state index in [1.54, 1.807) is 18.3 Å². The molecule has 3 fully saturated rings. The minimum absolute atomic E-state index is 0.0764. The molecular formula is C22H20FN3O3. The summed E-state index contributed by atoms with van der Waals surface area (Å²) in [6, 6.07) is 13.6. The molecule has 6 nitrogen and oxygen atoms in total. The van der Waals surface area contributed by atoms with E-state index in [0.717, 1.165) is 10.9 Å². The Morgan fingerprint density at radius 3 is 2.79 bits per heavy atom. The number of nitrogens with one attached hydrogen (secondary N) is 1. The molecule has 3 aromatic rings. The molecule has 0 atom stereocenters. The van der Waals surface area contributed by atoms with E-state index in [1.807, 2.05) is 24.3 Å². The zero-order valence-corrected chi connectivity index (χ0v) is 15.7. The van der Waals surface area contributed by atoms with Crippen molar-refractivity contribution >= 4 is 22.5 Å². The summed E-state index contributed by atoms with van der Waals surface area (Å²) in [4.78, 5) is 16.9. The Kier molecular flexibility index (Phi) is 4.04. The van der Waals surface area contributed by atoms with Crippen LogP contribution in [0, 0.1) is 11.2 Å². The van der Waals surface area contributed by atoms with Crippen molar-refractivity contribution in [2.75, 3.05) is 18.5 Å². The lowest BCUT2D eigenvalue weighted by atomic mass is 9.62. The fourth-order valence-electron chi connectivity index (χ4n) is 4.31. The summed E-state index contributed by atoms with van der Waals surface area (Å²) in [5, 5.41) is 3.59. The number of amides is 1. The van der Waals surface area contributed by atoms with Gasteiger partial charge >= 0.3 is 0 Å². The van der Waals surface area contributed by atoms with Crippen LogP contribution in [0.3, 0.4) is 0 Å². The smallest absolute Gasteiger partial charge is 0.233 e. The van der Waals surface area contributed by atoms with E-state index < -0.39 is 11.2 Å². The first-order valence-electron chi connectivity index (χ1n) is 9.49. The van der Waals surface area contributed by atoms with Crippen LogP contribution in [0.2, 0.25) is 0 Å². The van der Waals surface area contributed by atoms with Gasteiger partial charge in [0.25, 0.3) is 0 Å². The summed E-state index contributed by atoms with van der Waals surface area (Å²) in [6.45, 7) is 0.765. The molecule has 1 amide bonds. The van der Waals surface area contributed by atoms with Crippen LogP contribution in [0.25, 0.3) is 10.9 Å². The van der Waals surface area contributed by atoms with Crippen molar-refractivity contribution in [3.05, 3.63) is 60.5 Å². The second-order valence-electron chi connectivity index (χ2n) is 7.84. The molecule has 0 radical (unpaired) electrons. The van der Waals surface area contributed by atoms with Crippen LogP contribution in [0.5, 0.6) is 11.5 Å². The largest absolute Gasteiger partial charge is 0.454 e. The lowest BCUT2D eigenvalue weighted by Gasteiger charge is -2.42. The average molecular weight is 393 g/mol. The summed E-state index contributed by atoms with van der Waals surface area (Å²) in [6.07, 6.45) is 2.84. The molecule has 0 unspecified atom stereocenters. The highest BCUT2D eigenvalue weighted by atomic mass is 19.1. The third-order valence-corrected chi connectivity index (χ3v) is 5.85. The quantitative estimate of drug-likeness (QED) is 0.692. The maximum absolute atomic E-state index is 14.7. The number of para-hydroxylation sites is 1. The van der Waals surface area contributed by atoms with Gasteiger partial charge in [-0.05, 0) is 43.2 Å². The maximum Gasteiger partial charge on any atom is 0.233 e. The Morgan fingerprint density at radius 2 is 2.03 bits per heavy atom. The number of fused-ring (bicyclic) bond motifs is 2. The zero-order valence-electron chi connectivity index (χ0n) is 15.7. The molecule has 148 valence electrons. The van der Waals surface area contributed by atoms with Gasteiger partial charge in [-0.3, -0.25) is 9.78 Å². The van der Waals surface area contributed by atoms with E-state index >= 15 is 0 Å². The van der Waals surface area contributed by atoms with Gasteiger partial charge in [0.15, 0.2) is 11.6 Å². The molecule has 1 aromatic heterocycles. The number of carbonyl (C=O) groups excluding carboxylic acids is 1. The summed E-state index contributed by atoms with van der Waals surface area (Å²) >= 11 is 0. The van der Waals surface area contributed by atoms with Gasteiger partial charge in [-0.2, -0.15) is 0 Å². The second-order valence-corrected chi connectivity index (χ2v) is 7.84. The van der Waals surface area contributed by atoms with Gasteiger partial charge in [0.1, 0.15) is 5.75 Å². The molecule has 6 rings (SSSR count). The van der Waals surface area contributed by atoms with E-state index in [1.165, 1.54) is 12.1 Å². The number of anilines is 1. The first kappa shape index (κ1) is 18.0. The van der Waals surface area contributed by atoms with Crippen LogP contribution in [-0.4, -0.2) is 29.6 Å². The standard InChI is InChI=1S/C22H20FN3O3/c23-16-9-14(26-20(27)21-10-22(11-21,12-24)28-13-21)5-6-19(16)29-18-7-8-25-17-4-2-1-3-15(17)18/h1-9H,10-13,24H2,(H,26,27). The number of pyridine rings is 1. The van der Waals surface area contributed by atoms with Gasteiger partial charge in [0.2, 0.25) is 5.91 Å². The number of nitrogens with two attached hydrogens (primary N) is 1. The fourth-order valence-corrected chi connectivity index (χ4v) is 4.31. The van der Waals surface area contributed by atoms with Crippen molar-refractivity contribution in [2.24, 2.45) is 11.1 Å². The molecule has 2 bridgehead atoms. The first-order chi connectivity index (χ1) is 14.0. The molecular weight excluding hydrogens is 373 g/mol. The number of aromatic nitrogens is 1. The number of benzene rings is 2. The predicted octanol–water partition coefficient (Wildman–Crippen LogP) is 3.61. The number of nitrogens with zero attached hydrogens (tertiary/aromatic N) is 1. The maximum atomic E-state index is 14.7. The lowest BCUT2D eigenvalue weighted by Crippen LogP contribution is -2.54. The molecule has 2 aromatic carbocycles. The molecule has 3 N–H and O–H groups in total. The second kappa shape index (κ2) is 6.50. The third-order valence-electron chi connectivity index (χ3n) is 5.85. The monoisotopic (exact) mass is 393 g/mol. The molecule has 1 aliphatic carbocycles. The van der Waals surface area contributed by atoms with Crippen LogP contribution < -0.4 is 15.8 Å². The lowest BCUT2D eigenvalue weighted by molar-refractivity contribution is -0.129.